The second-order valence-corrected chi connectivity index (χ2v) is 9.15. The summed E-state index contributed by atoms with van der Waals surface area (Å²) in [5.74, 6) is 1.43. The third kappa shape index (κ3) is 6.33. The molecule has 3 rings (SSSR count). The van der Waals surface area contributed by atoms with Crippen LogP contribution in [0.4, 0.5) is 17.6 Å². The van der Waals surface area contributed by atoms with Gasteiger partial charge in [0.15, 0.2) is 0 Å². The summed E-state index contributed by atoms with van der Waals surface area (Å²) in [6, 6.07) is 3.46. The fraction of sp³-hybridized carbons (Fsp3) is 0.680. The van der Waals surface area contributed by atoms with Gasteiger partial charge in [0, 0.05) is 0 Å². The van der Waals surface area contributed by atoms with Crippen LogP contribution in [0.2, 0.25) is 0 Å². The molecule has 0 radical (unpaired) electrons. The standard InChI is InChI=1S/C25H34F4/c1-2-18-7-9-19(10-8-18)5-3-4-6-20-11-13-21(14-12-20)22-15-16-23(24(26)17-22)25(27,28)29/h3,5,15-21H,2,4,6-14H2,1H3/b5-3+. The lowest BCUT2D eigenvalue weighted by atomic mass is 9.77. The zero-order valence-corrected chi connectivity index (χ0v) is 17.5. The second kappa shape index (κ2) is 10.1. The molecule has 0 N–H and O–H groups in total. The molecule has 0 amide bonds. The maximum absolute atomic E-state index is 13.9. The van der Waals surface area contributed by atoms with Gasteiger partial charge in [-0.3, -0.25) is 0 Å². The second-order valence-electron chi connectivity index (χ2n) is 9.15. The van der Waals surface area contributed by atoms with Crippen LogP contribution in [0.25, 0.3) is 0 Å². The maximum atomic E-state index is 13.9. The molecule has 2 saturated carbocycles. The summed E-state index contributed by atoms with van der Waals surface area (Å²) in [5, 5.41) is 0. The van der Waals surface area contributed by atoms with Crippen LogP contribution in [0.1, 0.15) is 94.6 Å². The minimum atomic E-state index is -4.62. The highest BCUT2D eigenvalue weighted by atomic mass is 19.4. The van der Waals surface area contributed by atoms with Crippen molar-refractivity contribution in [2.75, 3.05) is 0 Å². The molecule has 1 aromatic rings. The molecule has 4 heteroatoms. The first-order valence-corrected chi connectivity index (χ1v) is 11.4. The first-order chi connectivity index (χ1) is 13.9. The van der Waals surface area contributed by atoms with Crippen LogP contribution < -0.4 is 0 Å². The molecule has 0 aromatic heterocycles. The van der Waals surface area contributed by atoms with Crippen LogP contribution in [0.5, 0.6) is 0 Å². The summed E-state index contributed by atoms with van der Waals surface area (Å²) in [6.45, 7) is 2.30. The summed E-state index contributed by atoms with van der Waals surface area (Å²) >= 11 is 0. The van der Waals surface area contributed by atoms with Crippen LogP contribution in [0.15, 0.2) is 30.4 Å². The molecule has 0 aliphatic heterocycles. The van der Waals surface area contributed by atoms with E-state index in [1.54, 1.807) is 0 Å². The summed E-state index contributed by atoms with van der Waals surface area (Å²) in [4.78, 5) is 0. The molecule has 0 saturated heterocycles. The summed E-state index contributed by atoms with van der Waals surface area (Å²) in [6.07, 6.45) is 13.3. The molecule has 0 atom stereocenters. The molecule has 0 unspecified atom stereocenters. The van der Waals surface area contributed by atoms with Crippen molar-refractivity contribution >= 4 is 0 Å². The Morgan fingerprint density at radius 2 is 1.59 bits per heavy atom. The molecule has 1 aromatic carbocycles. The van der Waals surface area contributed by atoms with Crippen LogP contribution in [-0.2, 0) is 6.18 Å². The average Bonchev–Trinajstić information content (AvgIpc) is 2.71. The van der Waals surface area contributed by atoms with Crippen molar-refractivity contribution < 1.29 is 17.6 Å². The molecular formula is C25H34F4. The zero-order chi connectivity index (χ0) is 20.9. The summed E-state index contributed by atoms with van der Waals surface area (Å²) in [7, 11) is 0. The zero-order valence-electron chi connectivity index (χ0n) is 17.5. The molecule has 2 aliphatic carbocycles. The van der Waals surface area contributed by atoms with Gasteiger partial charge in [0.2, 0.25) is 0 Å². The predicted molar refractivity (Wildman–Crippen MR) is 110 cm³/mol. The van der Waals surface area contributed by atoms with Crippen molar-refractivity contribution in [1.82, 2.24) is 0 Å². The SMILES string of the molecule is CCC1CCC(/C=C/CCC2CCC(c3ccc(C(F)(F)F)c(F)c3)CC2)CC1. The van der Waals surface area contributed by atoms with E-state index in [1.165, 1.54) is 44.6 Å². The molecule has 0 nitrogen and oxygen atoms in total. The number of rotatable bonds is 6. The van der Waals surface area contributed by atoms with Crippen LogP contribution >= 0.6 is 0 Å². The Kier molecular flexibility index (Phi) is 7.81. The van der Waals surface area contributed by atoms with Crippen molar-refractivity contribution in [3.8, 4) is 0 Å². The van der Waals surface area contributed by atoms with E-state index in [-0.39, 0.29) is 5.92 Å². The Bertz CT molecular complexity index is 660. The van der Waals surface area contributed by atoms with Crippen molar-refractivity contribution in [3.05, 3.63) is 47.3 Å². The van der Waals surface area contributed by atoms with Gasteiger partial charge in [-0.1, -0.05) is 31.6 Å². The van der Waals surface area contributed by atoms with Gasteiger partial charge in [-0.2, -0.15) is 13.2 Å². The average molecular weight is 411 g/mol. The lowest BCUT2D eigenvalue weighted by molar-refractivity contribution is -0.140. The lowest BCUT2D eigenvalue weighted by Gasteiger charge is -2.29. The molecule has 0 heterocycles. The summed E-state index contributed by atoms with van der Waals surface area (Å²) in [5.41, 5.74) is -0.443. The van der Waals surface area contributed by atoms with Crippen LogP contribution in [0, 0.1) is 23.6 Å². The van der Waals surface area contributed by atoms with E-state index in [4.69, 9.17) is 0 Å². The Morgan fingerprint density at radius 3 is 2.17 bits per heavy atom. The van der Waals surface area contributed by atoms with Gasteiger partial charge in [0.05, 0.1) is 5.56 Å². The number of hydrogen-bond donors (Lipinski definition) is 0. The number of hydrogen-bond acceptors (Lipinski definition) is 0. The van der Waals surface area contributed by atoms with E-state index < -0.39 is 17.6 Å². The topological polar surface area (TPSA) is 0 Å². The quantitative estimate of drug-likeness (QED) is 0.325. The number of alkyl halides is 3. The fourth-order valence-corrected chi connectivity index (χ4v) is 5.21. The Hall–Kier alpha value is -1.32. The van der Waals surface area contributed by atoms with Gasteiger partial charge in [-0.25, -0.2) is 4.39 Å². The van der Waals surface area contributed by atoms with E-state index in [0.29, 0.717) is 5.92 Å². The number of allylic oxidation sites excluding steroid dienone is 2. The van der Waals surface area contributed by atoms with Crippen molar-refractivity contribution in [2.45, 2.75) is 89.6 Å². The predicted octanol–water partition coefficient (Wildman–Crippen LogP) is 8.67. The van der Waals surface area contributed by atoms with Crippen LogP contribution in [-0.4, -0.2) is 0 Å². The normalized spacial score (nSPS) is 28.7. The van der Waals surface area contributed by atoms with E-state index >= 15 is 0 Å². The number of benzene rings is 1. The minimum absolute atomic E-state index is 0.187. The van der Waals surface area contributed by atoms with E-state index in [2.05, 4.69) is 19.1 Å². The summed E-state index contributed by atoms with van der Waals surface area (Å²) < 4.78 is 52.0. The Balaban J connectivity index is 1.39. The third-order valence-electron chi connectivity index (χ3n) is 7.24. The van der Waals surface area contributed by atoms with Gasteiger partial charge in [0.1, 0.15) is 5.82 Å². The highest BCUT2D eigenvalue weighted by molar-refractivity contribution is 5.29. The number of halogens is 4. The molecular weight excluding hydrogens is 376 g/mol. The Morgan fingerprint density at radius 1 is 0.931 bits per heavy atom. The molecule has 29 heavy (non-hydrogen) atoms. The van der Waals surface area contributed by atoms with E-state index in [0.717, 1.165) is 61.6 Å². The van der Waals surface area contributed by atoms with Crippen LogP contribution in [0.3, 0.4) is 0 Å². The molecule has 2 fully saturated rings. The minimum Gasteiger partial charge on any atom is -0.206 e. The first kappa shape index (κ1) is 22.4. The van der Waals surface area contributed by atoms with Gasteiger partial charge in [0.25, 0.3) is 0 Å². The third-order valence-corrected chi connectivity index (χ3v) is 7.24. The smallest absolute Gasteiger partial charge is 0.206 e. The van der Waals surface area contributed by atoms with Gasteiger partial charge in [-0.15, -0.1) is 0 Å². The molecule has 162 valence electrons. The first-order valence-electron chi connectivity index (χ1n) is 11.4. The molecule has 0 spiro atoms. The monoisotopic (exact) mass is 410 g/mol. The van der Waals surface area contributed by atoms with Crippen molar-refractivity contribution in [2.24, 2.45) is 17.8 Å². The Labute approximate surface area is 172 Å². The van der Waals surface area contributed by atoms with Crippen molar-refractivity contribution in [3.63, 3.8) is 0 Å². The van der Waals surface area contributed by atoms with Gasteiger partial charge < -0.3 is 0 Å². The fourth-order valence-electron chi connectivity index (χ4n) is 5.21. The van der Waals surface area contributed by atoms with E-state index in [9.17, 15) is 17.6 Å². The van der Waals surface area contributed by atoms with Gasteiger partial charge in [-0.05, 0) is 106 Å². The molecule has 2 aliphatic rings. The van der Waals surface area contributed by atoms with Gasteiger partial charge >= 0.3 is 6.18 Å². The largest absolute Gasteiger partial charge is 0.419 e. The highest BCUT2D eigenvalue weighted by Gasteiger charge is 2.34. The maximum Gasteiger partial charge on any atom is 0.419 e. The lowest BCUT2D eigenvalue weighted by Crippen LogP contribution is -2.14. The van der Waals surface area contributed by atoms with Crippen molar-refractivity contribution in [1.29, 1.82) is 0 Å². The highest BCUT2D eigenvalue weighted by Crippen LogP contribution is 2.39. The van der Waals surface area contributed by atoms with E-state index in [1.807, 2.05) is 0 Å². The molecule has 0 bridgehead atoms.